The summed E-state index contributed by atoms with van der Waals surface area (Å²) in [5, 5.41) is 17.0. The third-order valence-corrected chi connectivity index (χ3v) is 4.43. The van der Waals surface area contributed by atoms with Crippen LogP contribution in [0.25, 0.3) is 0 Å². The van der Waals surface area contributed by atoms with E-state index in [4.69, 9.17) is 5.11 Å². The molecule has 1 saturated heterocycles. The van der Waals surface area contributed by atoms with Crippen LogP contribution in [-0.4, -0.2) is 36.2 Å². The lowest BCUT2D eigenvalue weighted by Crippen LogP contribution is -2.28. The molecule has 1 heterocycles. The second-order valence-corrected chi connectivity index (χ2v) is 6.56. The van der Waals surface area contributed by atoms with Gasteiger partial charge in [0.15, 0.2) is 0 Å². The van der Waals surface area contributed by atoms with Crippen LogP contribution in [0.1, 0.15) is 17.5 Å². The lowest BCUT2D eigenvalue weighted by Gasteiger charge is -2.18. The van der Waals surface area contributed by atoms with Gasteiger partial charge in [-0.2, -0.15) is 0 Å². The number of anilines is 3. The van der Waals surface area contributed by atoms with Gasteiger partial charge in [0, 0.05) is 30.9 Å². The molecule has 8 heteroatoms. The Morgan fingerprint density at radius 2 is 1.89 bits per heavy atom. The van der Waals surface area contributed by atoms with Crippen molar-refractivity contribution < 1.29 is 19.5 Å². The normalized spacial score (nSPS) is 13.2. The zero-order valence-electron chi connectivity index (χ0n) is 15.5. The van der Waals surface area contributed by atoms with Gasteiger partial charge in [-0.25, -0.2) is 9.59 Å². The van der Waals surface area contributed by atoms with Crippen molar-refractivity contribution in [2.24, 2.45) is 0 Å². The van der Waals surface area contributed by atoms with Gasteiger partial charge >= 0.3 is 18.0 Å². The maximum Gasteiger partial charge on any atom is 0.323 e. The van der Waals surface area contributed by atoms with Gasteiger partial charge in [0.25, 0.3) is 0 Å². The van der Waals surface area contributed by atoms with Crippen LogP contribution in [0.4, 0.5) is 26.7 Å². The molecule has 2 aromatic carbocycles. The molecule has 8 nitrogen and oxygen atoms in total. The predicted octanol–water partition coefficient (Wildman–Crippen LogP) is 3.19. The quantitative estimate of drug-likeness (QED) is 0.615. The van der Waals surface area contributed by atoms with Gasteiger partial charge in [0.05, 0.1) is 5.69 Å². The summed E-state index contributed by atoms with van der Waals surface area (Å²) in [7, 11) is 0. The minimum atomic E-state index is -0.863. The number of benzene rings is 2. The van der Waals surface area contributed by atoms with Gasteiger partial charge in [-0.15, -0.1) is 0 Å². The SMILES string of the molecule is Cc1ccc(NC(=O)Nc2cccc(CCC(=O)O)c2)cc1N1CCNC1=O. The number of hydrogen-bond acceptors (Lipinski definition) is 3. The molecule has 0 saturated carbocycles. The highest BCUT2D eigenvalue weighted by atomic mass is 16.4. The van der Waals surface area contributed by atoms with E-state index in [1.54, 1.807) is 35.2 Å². The molecule has 1 aliphatic rings. The number of nitrogens with zero attached hydrogens (tertiary/aromatic N) is 1. The number of carboxylic acid groups (broad SMARTS) is 1. The Bertz CT molecular complexity index is 913. The first-order valence-corrected chi connectivity index (χ1v) is 8.97. The van der Waals surface area contributed by atoms with E-state index in [9.17, 15) is 14.4 Å². The third kappa shape index (κ3) is 4.79. The standard InChI is InChI=1S/C20H22N4O4/c1-13-5-7-16(12-17(13)24-10-9-21-20(24)28)23-19(27)22-15-4-2-3-14(11-15)6-8-18(25)26/h2-5,7,11-12H,6,8-10H2,1H3,(H,21,28)(H,25,26)(H2,22,23,27). The van der Waals surface area contributed by atoms with Gasteiger partial charge in [-0.1, -0.05) is 18.2 Å². The molecule has 4 N–H and O–H groups in total. The van der Waals surface area contributed by atoms with E-state index in [0.717, 1.165) is 16.8 Å². The summed E-state index contributed by atoms with van der Waals surface area (Å²) in [6.07, 6.45) is 0.428. The van der Waals surface area contributed by atoms with Gasteiger partial charge in [0.1, 0.15) is 0 Å². The summed E-state index contributed by atoms with van der Waals surface area (Å²) >= 11 is 0. The maximum atomic E-state index is 12.3. The molecule has 0 radical (unpaired) electrons. The fourth-order valence-electron chi connectivity index (χ4n) is 3.03. The van der Waals surface area contributed by atoms with Gasteiger partial charge < -0.3 is 21.1 Å². The van der Waals surface area contributed by atoms with Crippen molar-refractivity contribution in [1.82, 2.24) is 5.32 Å². The highest BCUT2D eigenvalue weighted by Crippen LogP contribution is 2.26. The van der Waals surface area contributed by atoms with Crippen molar-refractivity contribution >= 4 is 35.1 Å². The topological polar surface area (TPSA) is 111 Å². The summed E-state index contributed by atoms with van der Waals surface area (Å²) in [6, 6.07) is 11.9. The molecule has 1 aliphatic heterocycles. The highest BCUT2D eigenvalue weighted by molar-refractivity contribution is 6.01. The summed E-state index contributed by atoms with van der Waals surface area (Å²) < 4.78 is 0. The van der Waals surface area contributed by atoms with Crippen LogP contribution in [0.2, 0.25) is 0 Å². The van der Waals surface area contributed by atoms with E-state index >= 15 is 0 Å². The largest absolute Gasteiger partial charge is 0.481 e. The number of urea groups is 2. The lowest BCUT2D eigenvalue weighted by atomic mass is 10.1. The Morgan fingerprint density at radius 3 is 2.57 bits per heavy atom. The second-order valence-electron chi connectivity index (χ2n) is 6.56. The first-order valence-electron chi connectivity index (χ1n) is 8.97. The van der Waals surface area contributed by atoms with Crippen LogP contribution >= 0.6 is 0 Å². The molecule has 3 rings (SSSR count). The minimum Gasteiger partial charge on any atom is -0.481 e. The number of carboxylic acids is 1. The monoisotopic (exact) mass is 382 g/mol. The fourth-order valence-corrected chi connectivity index (χ4v) is 3.03. The van der Waals surface area contributed by atoms with Crippen molar-refractivity contribution in [2.75, 3.05) is 28.6 Å². The Balaban J connectivity index is 1.66. The van der Waals surface area contributed by atoms with Crippen molar-refractivity contribution in [1.29, 1.82) is 0 Å². The van der Waals surface area contributed by atoms with Crippen LogP contribution < -0.4 is 20.9 Å². The summed E-state index contributed by atoms with van der Waals surface area (Å²) in [4.78, 5) is 36.6. The van der Waals surface area contributed by atoms with Crippen molar-refractivity contribution in [3.63, 3.8) is 0 Å². The Morgan fingerprint density at radius 1 is 1.14 bits per heavy atom. The smallest absolute Gasteiger partial charge is 0.323 e. The predicted molar refractivity (Wildman–Crippen MR) is 107 cm³/mol. The summed E-state index contributed by atoms with van der Waals surface area (Å²) in [5.74, 6) is -0.863. The van der Waals surface area contributed by atoms with E-state index in [0.29, 0.717) is 30.9 Å². The number of carbonyl (C=O) groups excluding carboxylic acids is 2. The molecule has 0 aromatic heterocycles. The molecule has 0 aliphatic carbocycles. The number of carbonyl (C=O) groups is 3. The van der Waals surface area contributed by atoms with E-state index in [2.05, 4.69) is 16.0 Å². The number of hydrogen-bond donors (Lipinski definition) is 4. The van der Waals surface area contributed by atoms with Gasteiger partial charge in [0.2, 0.25) is 0 Å². The summed E-state index contributed by atoms with van der Waals surface area (Å²) in [5.41, 5.74) is 3.67. The minimum absolute atomic E-state index is 0.0336. The average Bonchev–Trinajstić information content (AvgIpc) is 3.07. The Kier molecular flexibility index (Phi) is 5.78. The Labute approximate surface area is 162 Å². The van der Waals surface area contributed by atoms with E-state index in [1.807, 2.05) is 19.1 Å². The van der Waals surface area contributed by atoms with Gasteiger partial charge in [-0.05, 0) is 48.7 Å². The van der Waals surface area contributed by atoms with Crippen molar-refractivity contribution in [2.45, 2.75) is 19.8 Å². The molecule has 146 valence electrons. The molecule has 28 heavy (non-hydrogen) atoms. The zero-order chi connectivity index (χ0) is 20.1. The second kappa shape index (κ2) is 8.43. The average molecular weight is 382 g/mol. The first kappa shape index (κ1) is 19.2. The third-order valence-electron chi connectivity index (χ3n) is 4.43. The molecule has 0 atom stereocenters. The molecule has 0 unspecified atom stereocenters. The van der Waals surface area contributed by atoms with E-state index in [-0.39, 0.29) is 12.5 Å². The lowest BCUT2D eigenvalue weighted by molar-refractivity contribution is -0.136. The van der Waals surface area contributed by atoms with Crippen LogP contribution in [-0.2, 0) is 11.2 Å². The molecule has 0 bridgehead atoms. The highest BCUT2D eigenvalue weighted by Gasteiger charge is 2.22. The Hall–Kier alpha value is -3.55. The number of nitrogens with one attached hydrogen (secondary N) is 3. The van der Waals surface area contributed by atoms with Gasteiger partial charge in [-0.3, -0.25) is 9.69 Å². The molecular formula is C20H22N4O4. The zero-order valence-corrected chi connectivity index (χ0v) is 15.5. The fraction of sp³-hybridized carbons (Fsp3) is 0.250. The van der Waals surface area contributed by atoms with E-state index in [1.165, 1.54) is 0 Å². The number of aliphatic carboxylic acids is 1. The molecule has 1 fully saturated rings. The number of amides is 4. The van der Waals surface area contributed by atoms with Crippen LogP contribution in [0, 0.1) is 6.92 Å². The molecule has 2 aromatic rings. The van der Waals surface area contributed by atoms with Crippen molar-refractivity contribution in [3.8, 4) is 0 Å². The van der Waals surface area contributed by atoms with Crippen LogP contribution in [0.3, 0.4) is 0 Å². The van der Waals surface area contributed by atoms with Crippen LogP contribution in [0.5, 0.6) is 0 Å². The van der Waals surface area contributed by atoms with E-state index < -0.39 is 12.0 Å². The van der Waals surface area contributed by atoms with Crippen molar-refractivity contribution in [3.05, 3.63) is 53.6 Å². The maximum absolute atomic E-state index is 12.3. The van der Waals surface area contributed by atoms with Crippen LogP contribution in [0.15, 0.2) is 42.5 Å². The number of aryl methyl sites for hydroxylation is 2. The summed E-state index contributed by atoms with van der Waals surface area (Å²) in [6.45, 7) is 3.08. The molecule has 4 amide bonds. The molecular weight excluding hydrogens is 360 g/mol. The first-order chi connectivity index (χ1) is 13.4. The molecule has 0 spiro atoms. The number of rotatable bonds is 6.